The number of imidazole rings is 1. The lowest BCUT2D eigenvalue weighted by molar-refractivity contribution is -0.0499. The molecule has 0 saturated carbocycles. The quantitative estimate of drug-likeness (QED) is 0.262. The normalized spacial score (nSPS) is 23.5. The largest absolute Gasteiger partial charge is 0.394 e. The molecule has 0 amide bonds. The molecule has 1 fully saturated rings. The number of ether oxygens (including phenoxy) is 1. The van der Waals surface area contributed by atoms with Gasteiger partial charge in [-0.2, -0.15) is 4.98 Å². The van der Waals surface area contributed by atoms with Gasteiger partial charge in [0.2, 0.25) is 11.9 Å². The van der Waals surface area contributed by atoms with E-state index >= 15 is 0 Å². The average molecular weight is 438 g/mol. The zero-order valence-electron chi connectivity index (χ0n) is 17.5. The average Bonchev–Trinajstić information content (AvgIpc) is 3.19. The molecule has 3 heterocycles. The predicted molar refractivity (Wildman–Crippen MR) is 114 cm³/mol. The molecule has 172 valence electrons. The molecule has 12 heteroatoms. The van der Waals surface area contributed by atoms with E-state index in [9.17, 15) is 24.9 Å². The summed E-state index contributed by atoms with van der Waals surface area (Å²) < 4.78 is 6.49. The van der Waals surface area contributed by atoms with Crippen molar-refractivity contribution in [1.29, 1.82) is 0 Å². The van der Waals surface area contributed by atoms with Crippen LogP contribution in [0.2, 0.25) is 0 Å². The second kappa shape index (κ2) is 10.2. The van der Waals surface area contributed by atoms with Gasteiger partial charge in [0, 0.05) is 6.54 Å². The van der Waals surface area contributed by atoms with Gasteiger partial charge in [-0.3, -0.25) is 19.1 Å². The van der Waals surface area contributed by atoms with Crippen LogP contribution in [-0.2, 0) is 4.74 Å². The van der Waals surface area contributed by atoms with E-state index in [1.165, 1.54) is 19.3 Å². The summed E-state index contributed by atoms with van der Waals surface area (Å²) in [6, 6.07) is 0. The van der Waals surface area contributed by atoms with Crippen LogP contribution in [0, 0.1) is 0 Å². The molecular weight excluding hydrogens is 408 g/mol. The highest BCUT2D eigenvalue weighted by molar-refractivity contribution is 5.76. The zero-order valence-corrected chi connectivity index (χ0v) is 17.5. The monoisotopic (exact) mass is 438 g/mol. The molecule has 4 atom stereocenters. The first-order chi connectivity index (χ1) is 14.9. The fourth-order valence-corrected chi connectivity index (χ4v) is 3.71. The van der Waals surface area contributed by atoms with Crippen LogP contribution in [0.5, 0.6) is 0 Å². The van der Waals surface area contributed by atoms with Crippen molar-refractivity contribution in [3.63, 3.8) is 0 Å². The molecule has 1 aliphatic rings. The summed E-state index contributed by atoms with van der Waals surface area (Å²) in [5.41, 5.74) is 3.86. The molecule has 0 aliphatic carbocycles. The molecule has 31 heavy (non-hydrogen) atoms. The summed E-state index contributed by atoms with van der Waals surface area (Å²) in [6.07, 6.45) is 1.29. The summed E-state index contributed by atoms with van der Waals surface area (Å²) in [4.78, 5) is 35.7. The van der Waals surface area contributed by atoms with Gasteiger partial charge in [0.15, 0.2) is 11.7 Å². The van der Waals surface area contributed by atoms with Gasteiger partial charge in [-0.15, -0.1) is 0 Å². The highest BCUT2D eigenvalue weighted by Gasteiger charge is 2.44. The van der Waals surface area contributed by atoms with Crippen molar-refractivity contribution >= 4 is 22.9 Å². The Balaban J connectivity index is 1.86. The van der Waals surface area contributed by atoms with Gasteiger partial charge in [0.05, 0.1) is 6.61 Å². The number of nitrogens with zero attached hydrogens (tertiary/aromatic N) is 3. The minimum absolute atomic E-state index is 0.00726. The van der Waals surface area contributed by atoms with Crippen LogP contribution in [0.15, 0.2) is 9.59 Å². The van der Waals surface area contributed by atoms with Crippen molar-refractivity contribution in [2.45, 2.75) is 70.0 Å². The fourth-order valence-electron chi connectivity index (χ4n) is 3.71. The highest BCUT2D eigenvalue weighted by Crippen LogP contribution is 2.32. The first-order valence-corrected chi connectivity index (χ1v) is 10.6. The van der Waals surface area contributed by atoms with E-state index in [1.807, 2.05) is 0 Å². The highest BCUT2D eigenvalue weighted by atomic mass is 16.6. The molecule has 0 unspecified atom stereocenters. The second-order valence-corrected chi connectivity index (χ2v) is 7.68. The van der Waals surface area contributed by atoms with E-state index in [0.717, 1.165) is 23.8 Å². The zero-order chi connectivity index (χ0) is 22.5. The van der Waals surface area contributed by atoms with E-state index in [2.05, 4.69) is 27.2 Å². The van der Waals surface area contributed by atoms with Crippen LogP contribution in [0.4, 0.5) is 11.9 Å². The Hall–Kier alpha value is -2.54. The third-order valence-electron chi connectivity index (χ3n) is 5.40. The number of anilines is 2. The van der Waals surface area contributed by atoms with E-state index in [0.29, 0.717) is 6.54 Å². The lowest BCUT2D eigenvalue weighted by atomic mass is 10.1. The van der Waals surface area contributed by atoms with Crippen LogP contribution in [-0.4, -0.2) is 66.3 Å². The number of hydrogen-bond acceptors (Lipinski definition) is 10. The third-order valence-corrected chi connectivity index (χ3v) is 5.40. The first kappa shape index (κ1) is 23.1. The number of aliphatic hydroxyl groups excluding tert-OH is 3. The minimum Gasteiger partial charge on any atom is -0.394 e. The number of nitrogen functional groups attached to an aromatic ring is 1. The van der Waals surface area contributed by atoms with Gasteiger partial charge in [0.1, 0.15) is 23.8 Å². The van der Waals surface area contributed by atoms with Crippen molar-refractivity contribution in [3.8, 4) is 0 Å². The number of H-pyrrole nitrogens is 1. The predicted octanol–water partition coefficient (Wildman–Crippen LogP) is -0.554. The number of fused-ring (bicyclic) bond motifs is 1. The number of aromatic nitrogens is 4. The third kappa shape index (κ3) is 4.87. The molecular formula is C19H30N6O6. The van der Waals surface area contributed by atoms with Crippen LogP contribution < -0.4 is 22.2 Å². The minimum atomic E-state index is -1.49. The van der Waals surface area contributed by atoms with Gasteiger partial charge in [-0.25, -0.2) is 4.98 Å². The van der Waals surface area contributed by atoms with E-state index in [-0.39, 0.29) is 22.9 Å². The van der Waals surface area contributed by atoms with E-state index in [1.54, 1.807) is 0 Å². The van der Waals surface area contributed by atoms with Crippen LogP contribution in [0.3, 0.4) is 0 Å². The molecule has 0 aromatic carbocycles. The molecule has 7 N–H and O–H groups in total. The smallest absolute Gasteiger partial charge is 0.301 e. The van der Waals surface area contributed by atoms with Crippen molar-refractivity contribution in [2.75, 3.05) is 24.2 Å². The number of aliphatic hydroxyl groups is 3. The second-order valence-electron chi connectivity index (χ2n) is 7.68. The summed E-state index contributed by atoms with van der Waals surface area (Å²) in [5.74, 6) is -0.255. The van der Waals surface area contributed by atoms with Crippen molar-refractivity contribution in [2.24, 2.45) is 0 Å². The Morgan fingerprint density at radius 1 is 1.13 bits per heavy atom. The molecule has 0 radical (unpaired) electrons. The lowest BCUT2D eigenvalue weighted by Gasteiger charge is -2.17. The van der Waals surface area contributed by atoms with E-state index < -0.39 is 42.3 Å². The number of aromatic amines is 1. The lowest BCUT2D eigenvalue weighted by Crippen LogP contribution is -2.33. The van der Waals surface area contributed by atoms with Gasteiger partial charge >= 0.3 is 5.56 Å². The Labute approximate surface area is 178 Å². The molecule has 0 bridgehead atoms. The Morgan fingerprint density at radius 2 is 1.84 bits per heavy atom. The van der Waals surface area contributed by atoms with Crippen molar-refractivity contribution < 1.29 is 20.1 Å². The van der Waals surface area contributed by atoms with Crippen molar-refractivity contribution in [3.05, 3.63) is 20.7 Å². The molecule has 2 aromatic rings. The number of nitrogens with two attached hydrogens (primary N) is 1. The fraction of sp³-hybridized carbons (Fsp3) is 0.684. The first-order valence-electron chi connectivity index (χ1n) is 10.6. The number of nitrogens with one attached hydrogen (secondary N) is 2. The molecule has 1 saturated heterocycles. The Morgan fingerprint density at radius 3 is 2.52 bits per heavy atom. The maximum atomic E-state index is 12.8. The van der Waals surface area contributed by atoms with Crippen molar-refractivity contribution in [1.82, 2.24) is 19.5 Å². The molecule has 0 spiro atoms. The summed E-state index contributed by atoms with van der Waals surface area (Å²) >= 11 is 0. The van der Waals surface area contributed by atoms with Crippen LogP contribution >= 0.6 is 0 Å². The number of unbranched alkanes of at least 4 members (excludes halogenated alkanes) is 5. The number of hydrogen-bond donors (Lipinski definition) is 6. The maximum absolute atomic E-state index is 12.8. The van der Waals surface area contributed by atoms with Crippen LogP contribution in [0.1, 0.15) is 51.7 Å². The number of rotatable bonds is 10. The van der Waals surface area contributed by atoms with Gasteiger partial charge in [0.25, 0.3) is 5.56 Å². The van der Waals surface area contributed by atoms with E-state index in [4.69, 9.17) is 10.5 Å². The molecule has 2 aromatic heterocycles. The maximum Gasteiger partial charge on any atom is 0.301 e. The molecule has 12 nitrogen and oxygen atoms in total. The standard InChI is InChI=1S/C19H30N6O6/c1-2-3-4-5-6-7-8-21-19-23-15(29)11-12(16(30)24-19)25(18(20)22-11)17-14(28)13(27)10(9-26)31-17/h10,13-14,17,26-28H,2-9H2,1H3,(H2,20,22)(H2,21,23,24,29,30)/t10-,13-,14-,17-/m1/s1. The summed E-state index contributed by atoms with van der Waals surface area (Å²) in [7, 11) is 0. The molecule has 1 aliphatic heterocycles. The summed E-state index contributed by atoms with van der Waals surface area (Å²) in [5, 5.41) is 32.6. The van der Waals surface area contributed by atoms with Gasteiger partial charge in [-0.1, -0.05) is 39.0 Å². The van der Waals surface area contributed by atoms with Gasteiger partial charge < -0.3 is 31.1 Å². The topological polar surface area (TPSA) is 189 Å². The van der Waals surface area contributed by atoms with Crippen LogP contribution in [0.25, 0.3) is 11.0 Å². The molecule has 3 rings (SSSR count). The Bertz CT molecular complexity index is 1010. The Kier molecular flexibility index (Phi) is 7.59. The summed E-state index contributed by atoms with van der Waals surface area (Å²) in [6.45, 7) is 2.14. The van der Waals surface area contributed by atoms with Gasteiger partial charge in [-0.05, 0) is 6.42 Å². The SMILES string of the molecule is CCCCCCCCNc1nc(=O)c2nc(N)n([C@@H]3O[C@H](CO)[C@@H](O)[C@H]3O)c2c(=O)[nH]1.